The molecule has 4 nitrogen and oxygen atoms in total. The van der Waals surface area contributed by atoms with Gasteiger partial charge >= 0.3 is 5.97 Å². The van der Waals surface area contributed by atoms with Crippen molar-refractivity contribution in [2.45, 2.75) is 32.0 Å². The summed E-state index contributed by atoms with van der Waals surface area (Å²) < 4.78 is 9.62. The molecular formula is C8H12O4. The van der Waals surface area contributed by atoms with Crippen LogP contribution in [0, 0.1) is 0 Å². The van der Waals surface area contributed by atoms with E-state index in [0.29, 0.717) is 6.42 Å². The Balaban J connectivity index is 2.43. The summed E-state index contributed by atoms with van der Waals surface area (Å²) in [5.41, 5.74) is 0. The Hall–Kier alpha value is -0.900. The zero-order chi connectivity index (χ0) is 9.14. The minimum absolute atomic E-state index is 0.00657. The molecule has 0 amide bonds. The molecule has 12 heavy (non-hydrogen) atoms. The average Bonchev–Trinajstić information content (AvgIpc) is 2.30. The van der Waals surface area contributed by atoms with E-state index in [1.54, 1.807) is 0 Å². The summed E-state index contributed by atoms with van der Waals surface area (Å²) in [7, 11) is 1.30. The molecular weight excluding hydrogens is 160 g/mol. The first kappa shape index (κ1) is 9.19. The van der Waals surface area contributed by atoms with Crippen LogP contribution in [0.3, 0.4) is 0 Å². The van der Waals surface area contributed by atoms with Gasteiger partial charge in [-0.15, -0.1) is 0 Å². The lowest BCUT2D eigenvalue weighted by Crippen LogP contribution is -2.20. The summed E-state index contributed by atoms with van der Waals surface area (Å²) in [5.74, 6) is -0.407. The molecule has 0 saturated carbocycles. The average molecular weight is 172 g/mol. The highest BCUT2D eigenvalue weighted by Gasteiger charge is 2.32. The third kappa shape index (κ3) is 2.04. The van der Waals surface area contributed by atoms with Gasteiger partial charge in [0.15, 0.2) is 5.78 Å². The van der Waals surface area contributed by atoms with E-state index in [0.717, 1.165) is 0 Å². The van der Waals surface area contributed by atoms with Gasteiger partial charge in [-0.05, 0) is 6.92 Å². The number of Topliss-reactive ketones (excluding diaryl/α,β-unsaturated/α-hetero) is 1. The lowest BCUT2D eigenvalue weighted by atomic mass is 10.1. The van der Waals surface area contributed by atoms with E-state index in [4.69, 9.17) is 4.74 Å². The van der Waals surface area contributed by atoms with Gasteiger partial charge in [-0.2, -0.15) is 0 Å². The molecule has 0 bridgehead atoms. The Bertz CT molecular complexity index is 199. The second kappa shape index (κ2) is 3.67. The van der Waals surface area contributed by atoms with Crippen LogP contribution >= 0.6 is 0 Å². The summed E-state index contributed by atoms with van der Waals surface area (Å²) in [6.45, 7) is 1.81. The summed E-state index contributed by atoms with van der Waals surface area (Å²) >= 11 is 0. The maximum absolute atomic E-state index is 11.1. The van der Waals surface area contributed by atoms with Crippen molar-refractivity contribution in [1.29, 1.82) is 0 Å². The SMILES string of the molecule is COC(=O)C[C@@H]1O[C@@H](C)CC1=O. The van der Waals surface area contributed by atoms with Crippen molar-refractivity contribution in [3.8, 4) is 0 Å². The van der Waals surface area contributed by atoms with E-state index in [1.807, 2.05) is 6.92 Å². The molecule has 0 radical (unpaired) electrons. The van der Waals surface area contributed by atoms with Gasteiger partial charge in [-0.1, -0.05) is 0 Å². The minimum atomic E-state index is -0.576. The van der Waals surface area contributed by atoms with E-state index in [1.165, 1.54) is 7.11 Å². The van der Waals surface area contributed by atoms with Crippen LogP contribution in [0.15, 0.2) is 0 Å². The number of rotatable bonds is 2. The Morgan fingerprint density at radius 3 is 2.83 bits per heavy atom. The predicted molar refractivity (Wildman–Crippen MR) is 40.6 cm³/mol. The number of hydrogen-bond donors (Lipinski definition) is 0. The number of methoxy groups -OCH3 is 1. The minimum Gasteiger partial charge on any atom is -0.469 e. The fraction of sp³-hybridized carbons (Fsp3) is 0.750. The predicted octanol–water partition coefficient (Wildman–Crippen LogP) is 0.296. The van der Waals surface area contributed by atoms with Gasteiger partial charge < -0.3 is 9.47 Å². The van der Waals surface area contributed by atoms with E-state index in [-0.39, 0.29) is 18.3 Å². The molecule has 0 spiro atoms. The number of hydrogen-bond acceptors (Lipinski definition) is 4. The molecule has 0 aromatic heterocycles. The van der Waals surface area contributed by atoms with Crippen LogP contribution in [-0.2, 0) is 19.1 Å². The first-order chi connectivity index (χ1) is 5.63. The van der Waals surface area contributed by atoms with Crippen molar-refractivity contribution in [3.63, 3.8) is 0 Å². The van der Waals surface area contributed by atoms with E-state index < -0.39 is 12.1 Å². The third-order valence-corrected chi connectivity index (χ3v) is 1.82. The van der Waals surface area contributed by atoms with Crippen molar-refractivity contribution < 1.29 is 19.1 Å². The van der Waals surface area contributed by atoms with Crippen LogP contribution < -0.4 is 0 Å². The molecule has 0 aliphatic carbocycles. The second-order valence-corrected chi connectivity index (χ2v) is 2.89. The van der Waals surface area contributed by atoms with Gasteiger partial charge in [0.05, 0.1) is 19.6 Å². The molecule has 68 valence electrons. The van der Waals surface area contributed by atoms with Crippen LogP contribution in [0.2, 0.25) is 0 Å². The number of ether oxygens (including phenoxy) is 2. The Kier molecular flexibility index (Phi) is 2.81. The normalized spacial score (nSPS) is 29.0. The number of ketones is 1. The monoisotopic (exact) mass is 172 g/mol. The fourth-order valence-electron chi connectivity index (χ4n) is 1.22. The van der Waals surface area contributed by atoms with Gasteiger partial charge in [-0.3, -0.25) is 9.59 Å². The van der Waals surface area contributed by atoms with Crippen LogP contribution in [0.4, 0.5) is 0 Å². The van der Waals surface area contributed by atoms with Gasteiger partial charge in [0, 0.05) is 6.42 Å². The first-order valence-electron chi connectivity index (χ1n) is 3.88. The van der Waals surface area contributed by atoms with E-state index in [9.17, 15) is 9.59 Å². The molecule has 1 rings (SSSR count). The quantitative estimate of drug-likeness (QED) is 0.562. The smallest absolute Gasteiger partial charge is 0.308 e. The van der Waals surface area contributed by atoms with Gasteiger partial charge in [0.1, 0.15) is 6.10 Å². The number of carbonyl (C=O) groups excluding carboxylic acids is 2. The Morgan fingerprint density at radius 1 is 1.75 bits per heavy atom. The van der Waals surface area contributed by atoms with E-state index >= 15 is 0 Å². The van der Waals surface area contributed by atoms with Crippen molar-refractivity contribution in [2.75, 3.05) is 7.11 Å². The summed E-state index contributed by atoms with van der Waals surface area (Å²) in [6, 6.07) is 0. The summed E-state index contributed by atoms with van der Waals surface area (Å²) in [5, 5.41) is 0. The molecule has 0 N–H and O–H groups in total. The molecule has 1 fully saturated rings. The third-order valence-electron chi connectivity index (χ3n) is 1.82. The molecule has 2 atom stereocenters. The zero-order valence-electron chi connectivity index (χ0n) is 7.20. The van der Waals surface area contributed by atoms with Crippen molar-refractivity contribution in [3.05, 3.63) is 0 Å². The van der Waals surface area contributed by atoms with Gasteiger partial charge in [0.25, 0.3) is 0 Å². The molecule has 1 aliphatic rings. The van der Waals surface area contributed by atoms with Crippen LogP contribution in [0.1, 0.15) is 19.8 Å². The topological polar surface area (TPSA) is 52.6 Å². The molecule has 1 saturated heterocycles. The van der Waals surface area contributed by atoms with Crippen LogP contribution in [0.25, 0.3) is 0 Å². The number of carbonyl (C=O) groups is 2. The Labute approximate surface area is 70.8 Å². The number of esters is 1. The molecule has 0 aromatic rings. The van der Waals surface area contributed by atoms with Gasteiger partial charge in [-0.25, -0.2) is 0 Å². The first-order valence-corrected chi connectivity index (χ1v) is 3.88. The van der Waals surface area contributed by atoms with Crippen LogP contribution in [0.5, 0.6) is 0 Å². The standard InChI is InChI=1S/C8H12O4/c1-5-3-6(9)7(12-5)4-8(10)11-2/h5,7H,3-4H2,1-2H3/t5-,7-/m0/s1. The van der Waals surface area contributed by atoms with Crippen LogP contribution in [-0.4, -0.2) is 31.1 Å². The highest BCUT2D eigenvalue weighted by Crippen LogP contribution is 2.18. The van der Waals surface area contributed by atoms with E-state index in [2.05, 4.69) is 4.74 Å². The second-order valence-electron chi connectivity index (χ2n) is 2.89. The maximum Gasteiger partial charge on any atom is 0.308 e. The van der Waals surface area contributed by atoms with Gasteiger partial charge in [0.2, 0.25) is 0 Å². The highest BCUT2D eigenvalue weighted by atomic mass is 16.5. The molecule has 0 unspecified atom stereocenters. The lowest BCUT2D eigenvalue weighted by Gasteiger charge is -2.06. The van der Waals surface area contributed by atoms with Crippen molar-refractivity contribution in [2.24, 2.45) is 0 Å². The zero-order valence-corrected chi connectivity index (χ0v) is 7.20. The summed E-state index contributed by atoms with van der Waals surface area (Å²) in [6.07, 6.45) is -0.193. The largest absolute Gasteiger partial charge is 0.469 e. The molecule has 0 aromatic carbocycles. The van der Waals surface area contributed by atoms with Crippen molar-refractivity contribution in [1.82, 2.24) is 0 Å². The fourth-order valence-corrected chi connectivity index (χ4v) is 1.22. The maximum atomic E-state index is 11.1. The molecule has 4 heteroatoms. The summed E-state index contributed by atoms with van der Waals surface area (Å²) in [4.78, 5) is 21.9. The highest BCUT2D eigenvalue weighted by molar-refractivity contribution is 5.89. The Morgan fingerprint density at radius 2 is 2.42 bits per heavy atom. The molecule has 1 aliphatic heterocycles. The molecule has 1 heterocycles. The van der Waals surface area contributed by atoms with Crippen molar-refractivity contribution >= 4 is 11.8 Å². The lowest BCUT2D eigenvalue weighted by molar-refractivity contribution is -0.145.